The highest BCUT2D eigenvalue weighted by Crippen LogP contribution is 2.17. The fourth-order valence-electron chi connectivity index (χ4n) is 3.33. The number of ether oxygens (including phenoxy) is 1. The standard InChI is InChI=1S/C22H28N2O2/c1-18-8-4-5-9-21(18)23-22(25)26-20-12-10-19(11-13-20)14-17-24-15-6-2-3-7-16-24/h4-5,8-13H,2-3,6-7,14-17H2,1H3,(H,23,25). The Hall–Kier alpha value is -2.33. The second-order valence-corrected chi connectivity index (χ2v) is 6.98. The van der Waals surface area contributed by atoms with Crippen LogP contribution < -0.4 is 10.1 Å². The van der Waals surface area contributed by atoms with E-state index in [1.807, 2.05) is 55.5 Å². The summed E-state index contributed by atoms with van der Waals surface area (Å²) in [5, 5.41) is 2.78. The van der Waals surface area contributed by atoms with Gasteiger partial charge in [0.2, 0.25) is 0 Å². The Morgan fingerprint density at radius 1 is 1.00 bits per heavy atom. The normalized spacial score (nSPS) is 15.3. The maximum Gasteiger partial charge on any atom is 0.417 e. The molecular weight excluding hydrogens is 324 g/mol. The van der Waals surface area contributed by atoms with Crippen LogP contribution in [0.3, 0.4) is 0 Å². The highest BCUT2D eigenvalue weighted by atomic mass is 16.6. The number of nitrogens with zero attached hydrogens (tertiary/aromatic N) is 1. The van der Waals surface area contributed by atoms with Crippen molar-refractivity contribution in [2.24, 2.45) is 0 Å². The molecular formula is C22H28N2O2. The van der Waals surface area contributed by atoms with Crippen LogP contribution in [0.4, 0.5) is 10.5 Å². The van der Waals surface area contributed by atoms with Crippen LogP contribution in [-0.4, -0.2) is 30.6 Å². The van der Waals surface area contributed by atoms with Gasteiger partial charge in [0.05, 0.1) is 0 Å². The van der Waals surface area contributed by atoms with Gasteiger partial charge in [0.25, 0.3) is 0 Å². The summed E-state index contributed by atoms with van der Waals surface area (Å²) in [7, 11) is 0. The van der Waals surface area contributed by atoms with E-state index < -0.39 is 6.09 Å². The molecule has 1 fully saturated rings. The Kier molecular flexibility index (Phi) is 6.67. The first-order chi connectivity index (χ1) is 12.7. The van der Waals surface area contributed by atoms with Gasteiger partial charge in [0.15, 0.2) is 0 Å². The second kappa shape index (κ2) is 9.39. The number of nitrogens with one attached hydrogen (secondary N) is 1. The molecule has 0 atom stereocenters. The highest BCUT2D eigenvalue weighted by molar-refractivity contribution is 5.87. The molecule has 1 amide bonds. The topological polar surface area (TPSA) is 41.6 Å². The number of para-hydroxylation sites is 1. The minimum atomic E-state index is -0.461. The third-order valence-corrected chi connectivity index (χ3v) is 4.93. The Morgan fingerprint density at radius 2 is 1.69 bits per heavy atom. The van der Waals surface area contributed by atoms with Crippen molar-refractivity contribution in [1.82, 2.24) is 4.90 Å². The lowest BCUT2D eigenvalue weighted by atomic mass is 10.1. The molecule has 0 unspecified atom stereocenters. The molecule has 2 aromatic carbocycles. The Labute approximate surface area is 156 Å². The number of carbonyl (C=O) groups is 1. The van der Waals surface area contributed by atoms with Gasteiger partial charge in [0, 0.05) is 12.2 Å². The van der Waals surface area contributed by atoms with Crippen molar-refractivity contribution in [3.8, 4) is 5.75 Å². The van der Waals surface area contributed by atoms with Gasteiger partial charge in [-0.2, -0.15) is 0 Å². The summed E-state index contributed by atoms with van der Waals surface area (Å²) in [5.74, 6) is 0.564. The summed E-state index contributed by atoms with van der Waals surface area (Å²) < 4.78 is 5.38. The average molecular weight is 352 g/mol. The second-order valence-electron chi connectivity index (χ2n) is 6.98. The molecule has 4 nitrogen and oxygen atoms in total. The fourth-order valence-corrected chi connectivity index (χ4v) is 3.33. The summed E-state index contributed by atoms with van der Waals surface area (Å²) in [5.41, 5.74) is 3.06. The number of rotatable bonds is 5. The average Bonchev–Trinajstić information content (AvgIpc) is 2.92. The van der Waals surface area contributed by atoms with Crippen molar-refractivity contribution in [2.75, 3.05) is 25.0 Å². The lowest BCUT2D eigenvalue weighted by Gasteiger charge is -2.19. The molecule has 1 N–H and O–H groups in total. The molecule has 138 valence electrons. The zero-order valence-electron chi connectivity index (χ0n) is 15.5. The van der Waals surface area contributed by atoms with E-state index in [4.69, 9.17) is 4.74 Å². The van der Waals surface area contributed by atoms with Gasteiger partial charge in [-0.05, 0) is 68.6 Å². The predicted octanol–water partition coefficient (Wildman–Crippen LogP) is 5.02. The minimum Gasteiger partial charge on any atom is -0.410 e. The molecule has 1 aliphatic rings. The third-order valence-electron chi connectivity index (χ3n) is 4.93. The number of amides is 1. The van der Waals surface area contributed by atoms with Gasteiger partial charge in [0.1, 0.15) is 5.75 Å². The first kappa shape index (κ1) is 18.5. The Balaban J connectivity index is 1.47. The minimum absolute atomic E-state index is 0.461. The van der Waals surface area contributed by atoms with Crippen molar-refractivity contribution >= 4 is 11.8 Å². The number of anilines is 1. The largest absolute Gasteiger partial charge is 0.417 e. The third kappa shape index (κ3) is 5.60. The summed E-state index contributed by atoms with van der Waals surface area (Å²) >= 11 is 0. The molecule has 3 rings (SSSR count). The summed E-state index contributed by atoms with van der Waals surface area (Å²) in [4.78, 5) is 14.6. The van der Waals surface area contributed by atoms with Gasteiger partial charge >= 0.3 is 6.09 Å². The number of benzene rings is 2. The van der Waals surface area contributed by atoms with Crippen molar-refractivity contribution < 1.29 is 9.53 Å². The van der Waals surface area contributed by atoms with E-state index in [0.717, 1.165) is 24.2 Å². The zero-order valence-corrected chi connectivity index (χ0v) is 15.5. The predicted molar refractivity (Wildman–Crippen MR) is 106 cm³/mol. The smallest absolute Gasteiger partial charge is 0.410 e. The number of carbonyl (C=O) groups excluding carboxylic acids is 1. The molecule has 4 heteroatoms. The molecule has 0 spiro atoms. The van der Waals surface area contributed by atoms with Crippen molar-refractivity contribution in [2.45, 2.75) is 39.0 Å². The summed E-state index contributed by atoms with van der Waals surface area (Å²) in [6, 6.07) is 15.5. The first-order valence-electron chi connectivity index (χ1n) is 9.56. The van der Waals surface area contributed by atoms with Crippen LogP contribution in [0, 0.1) is 6.92 Å². The van der Waals surface area contributed by atoms with Gasteiger partial charge in [-0.25, -0.2) is 4.79 Å². The SMILES string of the molecule is Cc1ccccc1NC(=O)Oc1ccc(CCN2CCCCCC2)cc1. The first-order valence-corrected chi connectivity index (χ1v) is 9.56. The van der Waals surface area contributed by atoms with Crippen molar-refractivity contribution in [1.29, 1.82) is 0 Å². The molecule has 0 radical (unpaired) electrons. The van der Waals surface area contributed by atoms with Crippen LogP contribution >= 0.6 is 0 Å². The maximum absolute atomic E-state index is 12.0. The van der Waals surface area contributed by atoms with Crippen LogP contribution in [0.1, 0.15) is 36.8 Å². The zero-order chi connectivity index (χ0) is 18.2. The van der Waals surface area contributed by atoms with E-state index in [2.05, 4.69) is 10.2 Å². The highest BCUT2D eigenvalue weighted by Gasteiger charge is 2.09. The fraction of sp³-hybridized carbons (Fsp3) is 0.409. The van der Waals surface area contributed by atoms with Crippen LogP contribution in [-0.2, 0) is 6.42 Å². The van der Waals surface area contributed by atoms with E-state index in [0.29, 0.717) is 5.75 Å². The number of hydrogen-bond donors (Lipinski definition) is 1. The van der Waals surface area contributed by atoms with Crippen LogP contribution in [0.15, 0.2) is 48.5 Å². The number of hydrogen-bond acceptors (Lipinski definition) is 3. The number of aryl methyl sites for hydroxylation is 1. The summed E-state index contributed by atoms with van der Waals surface area (Å²) in [6.45, 7) is 5.50. The van der Waals surface area contributed by atoms with Crippen molar-refractivity contribution in [3.63, 3.8) is 0 Å². The van der Waals surface area contributed by atoms with Crippen LogP contribution in [0.2, 0.25) is 0 Å². The number of likely N-dealkylation sites (tertiary alicyclic amines) is 1. The van der Waals surface area contributed by atoms with E-state index in [9.17, 15) is 4.79 Å². The lowest BCUT2D eigenvalue weighted by Crippen LogP contribution is -2.26. The molecule has 1 heterocycles. The lowest BCUT2D eigenvalue weighted by molar-refractivity contribution is 0.215. The molecule has 1 saturated heterocycles. The molecule has 0 bridgehead atoms. The Bertz CT molecular complexity index is 704. The van der Waals surface area contributed by atoms with E-state index in [1.54, 1.807) is 0 Å². The monoisotopic (exact) mass is 352 g/mol. The van der Waals surface area contributed by atoms with Gasteiger partial charge < -0.3 is 9.64 Å². The summed E-state index contributed by atoms with van der Waals surface area (Å²) in [6.07, 6.45) is 5.96. The molecule has 1 aliphatic heterocycles. The van der Waals surface area contributed by atoms with Gasteiger partial charge in [-0.3, -0.25) is 5.32 Å². The maximum atomic E-state index is 12.0. The van der Waals surface area contributed by atoms with Gasteiger partial charge in [-0.15, -0.1) is 0 Å². The van der Waals surface area contributed by atoms with E-state index in [-0.39, 0.29) is 0 Å². The quantitative estimate of drug-likeness (QED) is 0.821. The van der Waals surface area contributed by atoms with Gasteiger partial charge in [-0.1, -0.05) is 43.2 Å². The molecule has 26 heavy (non-hydrogen) atoms. The van der Waals surface area contributed by atoms with Crippen molar-refractivity contribution in [3.05, 3.63) is 59.7 Å². The van der Waals surface area contributed by atoms with Crippen LogP contribution in [0.25, 0.3) is 0 Å². The van der Waals surface area contributed by atoms with E-state index in [1.165, 1.54) is 44.3 Å². The Morgan fingerprint density at radius 3 is 2.38 bits per heavy atom. The van der Waals surface area contributed by atoms with Crippen LogP contribution in [0.5, 0.6) is 5.75 Å². The van der Waals surface area contributed by atoms with E-state index >= 15 is 0 Å². The molecule has 0 saturated carbocycles. The molecule has 0 aromatic heterocycles. The molecule has 0 aliphatic carbocycles. The molecule has 2 aromatic rings.